The summed E-state index contributed by atoms with van der Waals surface area (Å²) < 4.78 is 6.74. The van der Waals surface area contributed by atoms with Crippen LogP contribution in [0.1, 0.15) is 21.5 Å². The monoisotopic (exact) mass is 273 g/mol. The van der Waals surface area contributed by atoms with Crippen molar-refractivity contribution in [3.05, 3.63) is 63.6 Å². The van der Waals surface area contributed by atoms with E-state index < -0.39 is 5.97 Å². The summed E-state index contributed by atoms with van der Waals surface area (Å²) in [4.78, 5) is 23.0. The number of ether oxygens (including phenoxy) is 1. The van der Waals surface area contributed by atoms with E-state index in [1.807, 2.05) is 0 Å². The standard InChI is InChI=1S/C15H15NO4/c1-10-4-3-7-16(14(10)17)9-12-8-11(15(18)19)5-6-13(12)20-2/h3-8H,9H2,1-2H3,(H,18,19). The minimum Gasteiger partial charge on any atom is -0.496 e. The minimum absolute atomic E-state index is 0.102. The highest BCUT2D eigenvalue weighted by Gasteiger charge is 2.10. The van der Waals surface area contributed by atoms with Crippen LogP contribution in [0.3, 0.4) is 0 Å². The molecule has 0 saturated heterocycles. The van der Waals surface area contributed by atoms with Crippen molar-refractivity contribution in [3.8, 4) is 5.75 Å². The predicted octanol–water partition coefficient (Wildman–Crippen LogP) is 1.91. The molecule has 0 aliphatic heterocycles. The van der Waals surface area contributed by atoms with Crippen LogP contribution in [0, 0.1) is 6.92 Å². The molecule has 20 heavy (non-hydrogen) atoms. The fraction of sp³-hybridized carbons (Fsp3) is 0.200. The SMILES string of the molecule is COc1ccc(C(=O)O)cc1Cn1cccc(C)c1=O. The summed E-state index contributed by atoms with van der Waals surface area (Å²) in [5.74, 6) is -0.450. The number of pyridine rings is 1. The van der Waals surface area contributed by atoms with E-state index in [2.05, 4.69) is 0 Å². The molecule has 0 fully saturated rings. The van der Waals surface area contributed by atoms with Crippen molar-refractivity contribution in [1.29, 1.82) is 0 Å². The van der Waals surface area contributed by atoms with Crippen LogP contribution in [-0.2, 0) is 6.54 Å². The Labute approximate surface area is 116 Å². The average molecular weight is 273 g/mol. The maximum Gasteiger partial charge on any atom is 0.335 e. The van der Waals surface area contributed by atoms with Gasteiger partial charge < -0.3 is 14.4 Å². The van der Waals surface area contributed by atoms with Gasteiger partial charge in [0.2, 0.25) is 0 Å². The van der Waals surface area contributed by atoms with Gasteiger partial charge in [0.1, 0.15) is 5.75 Å². The Morgan fingerprint density at radius 1 is 1.35 bits per heavy atom. The Bertz CT molecular complexity index is 703. The second kappa shape index (κ2) is 5.61. The lowest BCUT2D eigenvalue weighted by atomic mass is 10.1. The number of aromatic carboxylic acids is 1. The first-order valence-corrected chi connectivity index (χ1v) is 6.09. The molecule has 0 radical (unpaired) electrons. The zero-order valence-corrected chi connectivity index (χ0v) is 11.3. The van der Waals surface area contributed by atoms with Crippen molar-refractivity contribution in [2.45, 2.75) is 13.5 Å². The molecule has 2 rings (SSSR count). The molecule has 0 spiro atoms. The van der Waals surface area contributed by atoms with Crippen molar-refractivity contribution >= 4 is 5.97 Å². The molecule has 1 N–H and O–H groups in total. The molecule has 0 saturated carbocycles. The topological polar surface area (TPSA) is 68.5 Å². The first kappa shape index (κ1) is 13.9. The first-order chi connectivity index (χ1) is 9.52. The van der Waals surface area contributed by atoms with Crippen molar-refractivity contribution in [2.24, 2.45) is 0 Å². The number of methoxy groups -OCH3 is 1. The number of hydrogen-bond donors (Lipinski definition) is 1. The second-order valence-corrected chi connectivity index (χ2v) is 4.46. The summed E-state index contributed by atoms with van der Waals surface area (Å²) in [6.45, 7) is 2.01. The van der Waals surface area contributed by atoms with Crippen LogP contribution in [0.25, 0.3) is 0 Å². The van der Waals surface area contributed by atoms with Crippen LogP contribution in [0.15, 0.2) is 41.3 Å². The van der Waals surface area contributed by atoms with E-state index in [9.17, 15) is 9.59 Å². The molecule has 0 aliphatic carbocycles. The number of nitrogens with zero attached hydrogens (tertiary/aromatic N) is 1. The maximum absolute atomic E-state index is 12.0. The van der Waals surface area contributed by atoms with Gasteiger partial charge in [-0.05, 0) is 31.2 Å². The van der Waals surface area contributed by atoms with Crippen LogP contribution in [0.2, 0.25) is 0 Å². The van der Waals surface area contributed by atoms with Gasteiger partial charge in [-0.15, -0.1) is 0 Å². The number of benzene rings is 1. The van der Waals surface area contributed by atoms with Crippen LogP contribution in [0.5, 0.6) is 5.75 Å². The summed E-state index contributed by atoms with van der Waals surface area (Å²) in [6.07, 6.45) is 1.67. The van der Waals surface area contributed by atoms with E-state index in [1.165, 1.54) is 23.8 Å². The lowest BCUT2D eigenvalue weighted by Gasteiger charge is -2.11. The molecule has 2 aromatic rings. The summed E-state index contributed by atoms with van der Waals surface area (Å²) in [6, 6.07) is 8.12. The maximum atomic E-state index is 12.0. The van der Waals surface area contributed by atoms with Crippen LogP contribution >= 0.6 is 0 Å². The summed E-state index contributed by atoms with van der Waals surface area (Å²) >= 11 is 0. The van der Waals surface area contributed by atoms with E-state index in [0.717, 1.165) is 0 Å². The molecule has 5 nitrogen and oxygen atoms in total. The Morgan fingerprint density at radius 3 is 2.75 bits per heavy atom. The molecule has 1 aromatic carbocycles. The Morgan fingerprint density at radius 2 is 2.10 bits per heavy atom. The van der Waals surface area contributed by atoms with Gasteiger partial charge in [0.05, 0.1) is 19.2 Å². The molecule has 0 bridgehead atoms. The number of carbonyl (C=O) groups is 1. The molecule has 1 heterocycles. The molecule has 0 amide bonds. The van der Waals surface area contributed by atoms with Crippen LogP contribution < -0.4 is 10.3 Å². The van der Waals surface area contributed by atoms with Gasteiger partial charge in [-0.2, -0.15) is 0 Å². The second-order valence-electron chi connectivity index (χ2n) is 4.46. The van der Waals surface area contributed by atoms with E-state index in [0.29, 0.717) is 16.9 Å². The number of carboxylic acid groups (broad SMARTS) is 1. The van der Waals surface area contributed by atoms with Crippen LogP contribution in [-0.4, -0.2) is 22.8 Å². The molecule has 0 aliphatic rings. The zero-order chi connectivity index (χ0) is 14.7. The van der Waals surface area contributed by atoms with E-state index >= 15 is 0 Å². The highest BCUT2D eigenvalue weighted by atomic mass is 16.5. The number of rotatable bonds is 4. The zero-order valence-electron chi connectivity index (χ0n) is 11.3. The molecular formula is C15H15NO4. The van der Waals surface area contributed by atoms with E-state index in [4.69, 9.17) is 9.84 Å². The van der Waals surface area contributed by atoms with Crippen molar-refractivity contribution < 1.29 is 14.6 Å². The Hall–Kier alpha value is -2.56. The fourth-order valence-corrected chi connectivity index (χ4v) is 2.00. The lowest BCUT2D eigenvalue weighted by Crippen LogP contribution is -2.22. The van der Waals surface area contributed by atoms with Gasteiger partial charge in [-0.1, -0.05) is 6.07 Å². The number of carboxylic acids is 1. The van der Waals surface area contributed by atoms with Gasteiger partial charge in [0.25, 0.3) is 5.56 Å². The lowest BCUT2D eigenvalue weighted by molar-refractivity contribution is 0.0696. The van der Waals surface area contributed by atoms with Crippen molar-refractivity contribution in [1.82, 2.24) is 4.57 Å². The third-order valence-electron chi connectivity index (χ3n) is 3.08. The van der Waals surface area contributed by atoms with Crippen molar-refractivity contribution in [3.63, 3.8) is 0 Å². The van der Waals surface area contributed by atoms with Gasteiger partial charge >= 0.3 is 5.97 Å². The number of aromatic nitrogens is 1. The highest BCUT2D eigenvalue weighted by Crippen LogP contribution is 2.20. The third kappa shape index (κ3) is 2.71. The van der Waals surface area contributed by atoms with E-state index in [-0.39, 0.29) is 17.7 Å². The molecular weight excluding hydrogens is 258 g/mol. The average Bonchev–Trinajstić information content (AvgIpc) is 2.43. The highest BCUT2D eigenvalue weighted by molar-refractivity contribution is 5.88. The Kier molecular flexibility index (Phi) is 3.89. The molecule has 5 heteroatoms. The predicted molar refractivity (Wildman–Crippen MR) is 74.5 cm³/mol. The summed E-state index contributed by atoms with van der Waals surface area (Å²) in [7, 11) is 1.51. The summed E-state index contributed by atoms with van der Waals surface area (Å²) in [5, 5.41) is 9.03. The molecule has 104 valence electrons. The quantitative estimate of drug-likeness (QED) is 0.924. The smallest absolute Gasteiger partial charge is 0.335 e. The Balaban J connectivity index is 2.46. The van der Waals surface area contributed by atoms with E-state index in [1.54, 1.807) is 31.3 Å². The third-order valence-corrected chi connectivity index (χ3v) is 3.08. The van der Waals surface area contributed by atoms with Gasteiger partial charge in [0.15, 0.2) is 0 Å². The number of aryl methyl sites for hydroxylation is 1. The van der Waals surface area contributed by atoms with Gasteiger partial charge in [0, 0.05) is 17.3 Å². The molecule has 1 aromatic heterocycles. The van der Waals surface area contributed by atoms with Gasteiger partial charge in [-0.3, -0.25) is 4.79 Å². The molecule has 0 unspecified atom stereocenters. The van der Waals surface area contributed by atoms with Crippen LogP contribution in [0.4, 0.5) is 0 Å². The molecule has 0 atom stereocenters. The largest absolute Gasteiger partial charge is 0.496 e. The fourth-order valence-electron chi connectivity index (χ4n) is 2.00. The minimum atomic E-state index is -1.01. The first-order valence-electron chi connectivity index (χ1n) is 6.09. The number of hydrogen-bond acceptors (Lipinski definition) is 3. The van der Waals surface area contributed by atoms with Gasteiger partial charge in [-0.25, -0.2) is 4.79 Å². The summed E-state index contributed by atoms with van der Waals surface area (Å²) in [5.41, 5.74) is 1.36. The normalized spacial score (nSPS) is 10.3. The van der Waals surface area contributed by atoms with Crippen molar-refractivity contribution in [2.75, 3.05) is 7.11 Å².